The van der Waals surface area contributed by atoms with Crippen LogP contribution in [0.3, 0.4) is 0 Å². The van der Waals surface area contributed by atoms with E-state index in [4.69, 9.17) is 11.6 Å². The number of benzene rings is 3. The van der Waals surface area contributed by atoms with Crippen molar-refractivity contribution in [2.45, 2.75) is 38.3 Å². The first-order chi connectivity index (χ1) is 17.5. The van der Waals surface area contributed by atoms with E-state index in [0.717, 1.165) is 9.87 Å². The molecule has 1 atom stereocenters. The van der Waals surface area contributed by atoms with Crippen molar-refractivity contribution in [3.8, 4) is 0 Å². The Bertz CT molecular complexity index is 1350. The van der Waals surface area contributed by atoms with E-state index in [9.17, 15) is 22.4 Å². The number of hydrogen-bond acceptors (Lipinski definition) is 4. The summed E-state index contributed by atoms with van der Waals surface area (Å²) in [4.78, 5) is 27.7. The third kappa shape index (κ3) is 7.08. The molecular weight excluding hydrogens is 517 g/mol. The maximum absolute atomic E-state index is 13.7. The van der Waals surface area contributed by atoms with Crippen LogP contribution in [0.2, 0.25) is 5.02 Å². The average Bonchev–Trinajstić information content (AvgIpc) is 2.86. The molecular formula is C27H29ClFN3O4S. The molecule has 0 aliphatic heterocycles. The molecule has 0 aromatic heterocycles. The highest BCUT2D eigenvalue weighted by atomic mass is 35.5. The highest BCUT2D eigenvalue weighted by molar-refractivity contribution is 7.92. The van der Waals surface area contributed by atoms with Crippen LogP contribution in [0.15, 0.2) is 77.7 Å². The molecule has 0 radical (unpaired) electrons. The number of sulfonamides is 1. The minimum Gasteiger partial charge on any atom is -0.355 e. The lowest BCUT2D eigenvalue weighted by Gasteiger charge is -2.32. The van der Waals surface area contributed by atoms with Gasteiger partial charge in [0.1, 0.15) is 18.4 Å². The van der Waals surface area contributed by atoms with Crippen LogP contribution in [0.4, 0.5) is 10.1 Å². The lowest BCUT2D eigenvalue weighted by atomic mass is 10.1. The van der Waals surface area contributed by atoms with Crippen LogP contribution in [0, 0.1) is 12.7 Å². The van der Waals surface area contributed by atoms with E-state index in [1.807, 2.05) is 6.92 Å². The van der Waals surface area contributed by atoms with Crippen molar-refractivity contribution >= 4 is 39.1 Å². The fraction of sp³-hybridized carbons (Fsp3) is 0.259. The zero-order valence-electron chi connectivity index (χ0n) is 20.8. The van der Waals surface area contributed by atoms with Crippen molar-refractivity contribution in [1.29, 1.82) is 0 Å². The molecule has 2 amide bonds. The fourth-order valence-electron chi connectivity index (χ4n) is 3.69. The molecule has 0 bridgehead atoms. The second-order valence-corrected chi connectivity index (χ2v) is 10.8. The van der Waals surface area contributed by atoms with E-state index < -0.39 is 40.2 Å². The second kappa shape index (κ2) is 12.2. The fourth-order valence-corrected chi connectivity index (χ4v) is 5.28. The van der Waals surface area contributed by atoms with E-state index in [1.54, 1.807) is 44.2 Å². The lowest BCUT2D eigenvalue weighted by molar-refractivity contribution is -0.139. The van der Waals surface area contributed by atoms with Gasteiger partial charge in [0.25, 0.3) is 10.0 Å². The number of halogens is 2. The van der Waals surface area contributed by atoms with Crippen LogP contribution in [0.1, 0.15) is 25.0 Å². The molecule has 3 aromatic rings. The molecule has 0 fully saturated rings. The molecule has 0 aliphatic carbocycles. The van der Waals surface area contributed by atoms with Gasteiger partial charge in [-0.15, -0.1) is 0 Å². The number of likely N-dealkylation sites (N-methyl/N-ethyl adjacent to an activating group) is 1. The number of nitrogens with zero attached hydrogens (tertiary/aromatic N) is 2. The normalized spacial score (nSPS) is 12.0. The quantitative estimate of drug-likeness (QED) is 0.405. The summed E-state index contributed by atoms with van der Waals surface area (Å²) in [5.41, 5.74) is 1.67. The van der Waals surface area contributed by atoms with E-state index in [1.165, 1.54) is 47.4 Å². The third-order valence-electron chi connectivity index (χ3n) is 5.77. The van der Waals surface area contributed by atoms with Gasteiger partial charge in [0.2, 0.25) is 11.8 Å². The molecule has 196 valence electrons. The number of nitrogens with one attached hydrogen (secondary N) is 1. The Morgan fingerprint density at radius 2 is 1.68 bits per heavy atom. The van der Waals surface area contributed by atoms with Crippen LogP contribution >= 0.6 is 11.6 Å². The van der Waals surface area contributed by atoms with Crippen LogP contribution in [0.5, 0.6) is 0 Å². The number of carbonyl (C=O) groups excluding carboxylic acids is 2. The molecule has 3 rings (SSSR count). The largest absolute Gasteiger partial charge is 0.355 e. The molecule has 0 saturated carbocycles. The van der Waals surface area contributed by atoms with Gasteiger partial charge in [-0.05, 0) is 68.8 Å². The predicted octanol–water partition coefficient (Wildman–Crippen LogP) is 4.54. The first-order valence-corrected chi connectivity index (χ1v) is 13.5. The maximum Gasteiger partial charge on any atom is 0.264 e. The Morgan fingerprint density at radius 1 is 1.03 bits per heavy atom. The second-order valence-electron chi connectivity index (χ2n) is 8.52. The zero-order valence-corrected chi connectivity index (χ0v) is 22.4. The summed E-state index contributed by atoms with van der Waals surface area (Å²) in [7, 11) is -4.17. The van der Waals surface area contributed by atoms with Gasteiger partial charge < -0.3 is 10.2 Å². The first kappa shape index (κ1) is 28.1. The summed E-state index contributed by atoms with van der Waals surface area (Å²) in [6.07, 6.45) is 0. The Balaban J connectivity index is 2.02. The van der Waals surface area contributed by atoms with Crippen molar-refractivity contribution in [1.82, 2.24) is 10.2 Å². The summed E-state index contributed by atoms with van der Waals surface area (Å²) in [5, 5.41) is 2.99. The summed E-state index contributed by atoms with van der Waals surface area (Å²) in [6.45, 7) is 4.91. The van der Waals surface area contributed by atoms with E-state index >= 15 is 0 Å². The Hall–Kier alpha value is -3.43. The molecule has 1 unspecified atom stereocenters. The van der Waals surface area contributed by atoms with Crippen LogP contribution in [-0.4, -0.2) is 44.3 Å². The van der Waals surface area contributed by atoms with E-state index in [-0.39, 0.29) is 17.1 Å². The minimum absolute atomic E-state index is 0.00716. The minimum atomic E-state index is -4.17. The molecule has 0 aliphatic rings. The van der Waals surface area contributed by atoms with Gasteiger partial charge in [0.15, 0.2) is 0 Å². The maximum atomic E-state index is 13.7. The molecule has 3 aromatic carbocycles. The molecule has 0 spiro atoms. The monoisotopic (exact) mass is 545 g/mol. The van der Waals surface area contributed by atoms with Gasteiger partial charge in [-0.2, -0.15) is 0 Å². The van der Waals surface area contributed by atoms with Gasteiger partial charge in [0.05, 0.1) is 10.6 Å². The predicted molar refractivity (Wildman–Crippen MR) is 142 cm³/mol. The molecule has 1 N–H and O–H groups in total. The first-order valence-electron chi connectivity index (χ1n) is 11.7. The third-order valence-corrected chi connectivity index (χ3v) is 7.79. The summed E-state index contributed by atoms with van der Waals surface area (Å²) >= 11 is 6.15. The number of hydrogen-bond donors (Lipinski definition) is 1. The van der Waals surface area contributed by atoms with Gasteiger partial charge >= 0.3 is 0 Å². The van der Waals surface area contributed by atoms with Gasteiger partial charge in [-0.25, -0.2) is 12.8 Å². The smallest absolute Gasteiger partial charge is 0.264 e. The van der Waals surface area contributed by atoms with E-state index in [0.29, 0.717) is 17.1 Å². The highest BCUT2D eigenvalue weighted by Crippen LogP contribution is 2.27. The Morgan fingerprint density at radius 3 is 2.27 bits per heavy atom. The number of anilines is 1. The van der Waals surface area contributed by atoms with Crippen molar-refractivity contribution in [3.05, 3.63) is 94.8 Å². The number of rotatable bonds is 10. The number of carbonyl (C=O) groups is 2. The van der Waals surface area contributed by atoms with Gasteiger partial charge in [-0.1, -0.05) is 47.5 Å². The highest BCUT2D eigenvalue weighted by Gasteiger charge is 2.32. The molecule has 0 saturated heterocycles. The summed E-state index contributed by atoms with van der Waals surface area (Å²) < 4.78 is 41.8. The number of aryl methyl sites for hydroxylation is 1. The van der Waals surface area contributed by atoms with Crippen LogP contribution in [0.25, 0.3) is 0 Å². The number of amides is 2. The molecule has 37 heavy (non-hydrogen) atoms. The lowest BCUT2D eigenvalue weighted by Crippen LogP contribution is -2.51. The van der Waals surface area contributed by atoms with Crippen LogP contribution in [-0.2, 0) is 26.2 Å². The van der Waals surface area contributed by atoms with E-state index in [2.05, 4.69) is 5.32 Å². The van der Waals surface area contributed by atoms with Crippen molar-refractivity contribution in [3.63, 3.8) is 0 Å². The van der Waals surface area contributed by atoms with Gasteiger partial charge in [-0.3, -0.25) is 13.9 Å². The standard InChI is InChI=1S/C27H29ClFN3O4S/c1-4-30-27(34)20(3)31(17-21-10-12-23(29)13-11-21)26(33)18-32(24-7-5-6-22(28)16-24)37(35,36)25-14-8-19(2)9-15-25/h5-16,20H,4,17-18H2,1-3H3,(H,30,34). The topological polar surface area (TPSA) is 86.8 Å². The molecule has 10 heteroatoms. The Kier molecular flexibility index (Phi) is 9.29. The van der Waals surface area contributed by atoms with Crippen LogP contribution < -0.4 is 9.62 Å². The summed E-state index contributed by atoms with van der Waals surface area (Å²) in [5.74, 6) is -1.44. The summed E-state index contributed by atoms with van der Waals surface area (Å²) in [6, 6.07) is 17.1. The SMILES string of the molecule is CCNC(=O)C(C)N(Cc1ccc(F)cc1)C(=O)CN(c1cccc(Cl)c1)S(=O)(=O)c1ccc(C)cc1. The van der Waals surface area contributed by atoms with Crippen molar-refractivity contribution in [2.75, 3.05) is 17.4 Å². The van der Waals surface area contributed by atoms with Crippen molar-refractivity contribution in [2.24, 2.45) is 0 Å². The molecule has 0 heterocycles. The van der Waals surface area contributed by atoms with Gasteiger partial charge in [0, 0.05) is 18.1 Å². The Labute approximate surface area is 221 Å². The van der Waals surface area contributed by atoms with Crippen molar-refractivity contribution < 1.29 is 22.4 Å². The molecule has 7 nitrogen and oxygen atoms in total. The average molecular weight is 546 g/mol. The zero-order chi connectivity index (χ0) is 27.2.